The van der Waals surface area contributed by atoms with Gasteiger partial charge in [0.15, 0.2) is 0 Å². The van der Waals surface area contributed by atoms with Crippen LogP contribution in [0.1, 0.15) is 39.1 Å². The number of carbonyl (C=O) groups is 2. The fourth-order valence-electron chi connectivity index (χ4n) is 1.99. The number of rotatable bonds is 5. The van der Waals surface area contributed by atoms with E-state index in [1.807, 2.05) is 23.8 Å². The molecule has 5 nitrogen and oxygen atoms in total. The summed E-state index contributed by atoms with van der Waals surface area (Å²) in [7, 11) is 0. The largest absolute Gasteiger partial charge is 0.477 e. The fourth-order valence-corrected chi connectivity index (χ4v) is 2.89. The summed E-state index contributed by atoms with van der Waals surface area (Å²) in [5.41, 5.74) is 1.23. The maximum atomic E-state index is 12.2. The van der Waals surface area contributed by atoms with Gasteiger partial charge in [-0.05, 0) is 37.1 Å². The first-order valence-corrected chi connectivity index (χ1v) is 7.14. The van der Waals surface area contributed by atoms with Gasteiger partial charge in [-0.25, -0.2) is 4.79 Å². The Balaban J connectivity index is 2.17. The SMILES string of the molecule is CCCn1cccc1C(=O)Nc1cc(C)c(C(=O)O)s1. The minimum absolute atomic E-state index is 0.221. The Morgan fingerprint density at radius 2 is 2.20 bits per heavy atom. The first kappa shape index (κ1) is 14.3. The average molecular weight is 292 g/mol. The summed E-state index contributed by atoms with van der Waals surface area (Å²) < 4.78 is 1.88. The number of carboxylic acids is 1. The second-order valence-corrected chi connectivity index (χ2v) is 5.52. The molecule has 0 atom stereocenters. The number of hydrogen-bond acceptors (Lipinski definition) is 3. The van der Waals surface area contributed by atoms with Gasteiger partial charge in [0.05, 0.1) is 5.00 Å². The highest BCUT2D eigenvalue weighted by Gasteiger charge is 2.16. The molecule has 20 heavy (non-hydrogen) atoms. The Hall–Kier alpha value is -2.08. The minimum Gasteiger partial charge on any atom is -0.477 e. The summed E-state index contributed by atoms with van der Waals surface area (Å²) in [6.45, 7) is 4.54. The van der Waals surface area contributed by atoms with Crippen LogP contribution >= 0.6 is 11.3 Å². The Morgan fingerprint density at radius 1 is 1.45 bits per heavy atom. The molecule has 0 aliphatic heterocycles. The van der Waals surface area contributed by atoms with Crippen molar-refractivity contribution in [2.75, 3.05) is 5.32 Å². The zero-order chi connectivity index (χ0) is 14.7. The molecule has 106 valence electrons. The van der Waals surface area contributed by atoms with Crippen LogP contribution in [0.2, 0.25) is 0 Å². The van der Waals surface area contributed by atoms with Crippen molar-refractivity contribution in [2.45, 2.75) is 26.8 Å². The van der Waals surface area contributed by atoms with Gasteiger partial charge >= 0.3 is 5.97 Å². The predicted molar refractivity (Wildman–Crippen MR) is 78.7 cm³/mol. The van der Waals surface area contributed by atoms with E-state index >= 15 is 0 Å². The first-order chi connectivity index (χ1) is 9.52. The van der Waals surface area contributed by atoms with Crippen LogP contribution in [0, 0.1) is 6.92 Å². The molecule has 1 amide bonds. The molecule has 0 bridgehead atoms. The highest BCUT2D eigenvalue weighted by atomic mass is 32.1. The third kappa shape index (κ3) is 2.91. The molecule has 2 aromatic rings. The lowest BCUT2D eigenvalue weighted by molar-refractivity contribution is 0.0701. The van der Waals surface area contributed by atoms with E-state index in [0.717, 1.165) is 24.3 Å². The number of aromatic nitrogens is 1. The van der Waals surface area contributed by atoms with Crippen molar-refractivity contribution < 1.29 is 14.7 Å². The zero-order valence-electron chi connectivity index (χ0n) is 11.3. The van der Waals surface area contributed by atoms with E-state index in [9.17, 15) is 9.59 Å². The summed E-state index contributed by atoms with van der Waals surface area (Å²) in [6, 6.07) is 5.26. The predicted octanol–water partition coefficient (Wildman–Crippen LogP) is 3.22. The Labute approximate surface area is 120 Å². The van der Waals surface area contributed by atoms with Crippen molar-refractivity contribution in [3.63, 3.8) is 0 Å². The minimum atomic E-state index is -0.970. The number of aromatic carboxylic acids is 1. The van der Waals surface area contributed by atoms with Gasteiger partial charge in [-0.1, -0.05) is 6.92 Å². The van der Waals surface area contributed by atoms with Gasteiger partial charge in [-0.3, -0.25) is 4.79 Å². The molecule has 2 rings (SSSR count). The number of nitrogens with one attached hydrogen (secondary N) is 1. The van der Waals surface area contributed by atoms with Gasteiger partial charge in [0.2, 0.25) is 0 Å². The third-order valence-corrected chi connectivity index (χ3v) is 4.02. The molecule has 0 saturated heterocycles. The van der Waals surface area contributed by atoms with Gasteiger partial charge in [-0.2, -0.15) is 0 Å². The molecule has 0 aromatic carbocycles. The molecule has 2 N–H and O–H groups in total. The smallest absolute Gasteiger partial charge is 0.346 e. The lowest BCUT2D eigenvalue weighted by Crippen LogP contribution is -2.16. The molecule has 0 fully saturated rings. The van der Waals surface area contributed by atoms with E-state index in [1.165, 1.54) is 0 Å². The van der Waals surface area contributed by atoms with Crippen molar-refractivity contribution in [2.24, 2.45) is 0 Å². The van der Waals surface area contributed by atoms with Gasteiger partial charge in [0, 0.05) is 12.7 Å². The van der Waals surface area contributed by atoms with E-state index in [0.29, 0.717) is 16.3 Å². The zero-order valence-corrected chi connectivity index (χ0v) is 12.2. The molecular formula is C14H16N2O3S. The van der Waals surface area contributed by atoms with E-state index in [1.54, 1.807) is 19.1 Å². The molecule has 0 unspecified atom stereocenters. The highest BCUT2D eigenvalue weighted by molar-refractivity contribution is 7.18. The maximum absolute atomic E-state index is 12.2. The summed E-state index contributed by atoms with van der Waals surface area (Å²) in [5, 5.41) is 12.3. The van der Waals surface area contributed by atoms with E-state index in [-0.39, 0.29) is 10.8 Å². The first-order valence-electron chi connectivity index (χ1n) is 6.33. The van der Waals surface area contributed by atoms with Gasteiger partial charge < -0.3 is 15.0 Å². The summed E-state index contributed by atoms with van der Waals surface area (Å²) in [4.78, 5) is 23.4. The van der Waals surface area contributed by atoms with Crippen molar-refractivity contribution in [3.05, 3.63) is 40.5 Å². The van der Waals surface area contributed by atoms with Crippen LogP contribution in [0.5, 0.6) is 0 Å². The van der Waals surface area contributed by atoms with Crippen LogP contribution < -0.4 is 5.32 Å². The molecule has 0 spiro atoms. The lowest BCUT2D eigenvalue weighted by atomic mass is 10.3. The quantitative estimate of drug-likeness (QED) is 0.888. The van der Waals surface area contributed by atoms with Gasteiger partial charge in [0.1, 0.15) is 10.6 Å². The fraction of sp³-hybridized carbons (Fsp3) is 0.286. The van der Waals surface area contributed by atoms with Crippen molar-refractivity contribution in [1.29, 1.82) is 0 Å². The summed E-state index contributed by atoms with van der Waals surface area (Å²) in [6.07, 6.45) is 2.80. The van der Waals surface area contributed by atoms with Crippen molar-refractivity contribution >= 4 is 28.2 Å². The molecule has 2 aromatic heterocycles. The molecule has 0 radical (unpaired) electrons. The van der Waals surface area contributed by atoms with Crippen LogP contribution in [0.25, 0.3) is 0 Å². The van der Waals surface area contributed by atoms with Crippen molar-refractivity contribution in [1.82, 2.24) is 4.57 Å². The average Bonchev–Trinajstić information content (AvgIpc) is 2.96. The normalized spacial score (nSPS) is 10.5. The lowest BCUT2D eigenvalue weighted by Gasteiger charge is -2.07. The molecule has 2 heterocycles. The number of amides is 1. The number of aryl methyl sites for hydroxylation is 2. The topological polar surface area (TPSA) is 71.3 Å². The number of anilines is 1. The van der Waals surface area contributed by atoms with E-state index < -0.39 is 5.97 Å². The van der Waals surface area contributed by atoms with Crippen LogP contribution in [-0.2, 0) is 6.54 Å². The second-order valence-electron chi connectivity index (χ2n) is 4.47. The van der Waals surface area contributed by atoms with Gasteiger partial charge in [-0.15, -0.1) is 11.3 Å². The number of thiophene rings is 1. The Kier molecular flexibility index (Phi) is 4.24. The number of carboxylic acid groups (broad SMARTS) is 1. The monoisotopic (exact) mass is 292 g/mol. The third-order valence-electron chi connectivity index (χ3n) is 2.88. The standard InChI is InChI=1S/C14H16N2O3S/c1-3-6-16-7-4-5-10(16)13(17)15-11-8-9(2)12(20-11)14(18)19/h4-5,7-8H,3,6H2,1-2H3,(H,15,17)(H,18,19). The van der Waals surface area contributed by atoms with Crippen molar-refractivity contribution in [3.8, 4) is 0 Å². The van der Waals surface area contributed by atoms with E-state index in [4.69, 9.17) is 5.11 Å². The van der Waals surface area contributed by atoms with Crippen LogP contribution in [0.15, 0.2) is 24.4 Å². The van der Waals surface area contributed by atoms with Crippen LogP contribution in [0.4, 0.5) is 5.00 Å². The van der Waals surface area contributed by atoms with Crippen LogP contribution in [-0.4, -0.2) is 21.6 Å². The summed E-state index contributed by atoms with van der Waals surface area (Å²) in [5.74, 6) is -1.19. The Bertz CT molecular complexity index is 643. The van der Waals surface area contributed by atoms with E-state index in [2.05, 4.69) is 5.32 Å². The maximum Gasteiger partial charge on any atom is 0.346 e. The number of carbonyl (C=O) groups excluding carboxylic acids is 1. The highest BCUT2D eigenvalue weighted by Crippen LogP contribution is 2.27. The molecular weight excluding hydrogens is 276 g/mol. The number of nitrogens with zero attached hydrogens (tertiary/aromatic N) is 1. The molecule has 6 heteroatoms. The Morgan fingerprint density at radius 3 is 2.80 bits per heavy atom. The molecule has 0 aliphatic carbocycles. The molecule has 0 aliphatic rings. The molecule has 0 saturated carbocycles. The van der Waals surface area contributed by atoms with Crippen LogP contribution in [0.3, 0.4) is 0 Å². The van der Waals surface area contributed by atoms with Gasteiger partial charge in [0.25, 0.3) is 5.91 Å². The summed E-state index contributed by atoms with van der Waals surface area (Å²) >= 11 is 1.07. The second kappa shape index (κ2) is 5.92. The number of hydrogen-bond donors (Lipinski definition) is 2.